The van der Waals surface area contributed by atoms with E-state index in [1.54, 1.807) is 23.9 Å². The molecule has 0 aliphatic carbocycles. The zero-order valence-corrected chi connectivity index (χ0v) is 12.8. The highest BCUT2D eigenvalue weighted by molar-refractivity contribution is 14.1. The molecule has 0 spiro atoms. The topological polar surface area (TPSA) is 49.3 Å². The molecule has 1 aromatic rings. The molecule has 1 rings (SSSR count). The Kier molecular flexibility index (Phi) is 6.11. The summed E-state index contributed by atoms with van der Waals surface area (Å²) in [5.41, 5.74) is 0.499. The van der Waals surface area contributed by atoms with Gasteiger partial charge in [0.05, 0.1) is 3.57 Å². The predicted molar refractivity (Wildman–Crippen MR) is 80.8 cm³/mol. The highest BCUT2D eigenvalue weighted by atomic mass is 127. The minimum absolute atomic E-state index is 0.134. The van der Waals surface area contributed by atoms with Gasteiger partial charge >= 0.3 is 0 Å². The lowest BCUT2D eigenvalue weighted by Gasteiger charge is -2.13. The lowest BCUT2D eigenvalue weighted by Crippen LogP contribution is -2.32. The van der Waals surface area contributed by atoms with Gasteiger partial charge in [-0.3, -0.25) is 4.79 Å². The summed E-state index contributed by atoms with van der Waals surface area (Å²) in [4.78, 5) is 11.9. The molecular formula is C12H16INO2S. The summed E-state index contributed by atoms with van der Waals surface area (Å²) in [6, 6.07) is 5.10. The van der Waals surface area contributed by atoms with Crippen LogP contribution in [0.1, 0.15) is 23.7 Å². The summed E-state index contributed by atoms with van der Waals surface area (Å²) in [7, 11) is 0. The number of halogens is 1. The lowest BCUT2D eigenvalue weighted by atomic mass is 10.2. The maximum atomic E-state index is 11.9. The van der Waals surface area contributed by atoms with Crippen LogP contribution in [0.2, 0.25) is 0 Å². The van der Waals surface area contributed by atoms with Gasteiger partial charge in [0.1, 0.15) is 5.75 Å². The molecule has 0 aliphatic heterocycles. The smallest absolute Gasteiger partial charge is 0.251 e. The van der Waals surface area contributed by atoms with E-state index < -0.39 is 0 Å². The monoisotopic (exact) mass is 365 g/mol. The Morgan fingerprint density at radius 1 is 1.59 bits per heavy atom. The van der Waals surface area contributed by atoms with Gasteiger partial charge in [0, 0.05) is 11.6 Å². The number of phenolic OH excluding ortho intramolecular Hbond substituents is 1. The van der Waals surface area contributed by atoms with Crippen molar-refractivity contribution in [1.29, 1.82) is 0 Å². The molecule has 1 unspecified atom stereocenters. The van der Waals surface area contributed by atoms with Crippen molar-refractivity contribution in [3.8, 4) is 5.75 Å². The average Bonchev–Trinajstić information content (AvgIpc) is 2.30. The van der Waals surface area contributed by atoms with Crippen molar-refractivity contribution in [2.45, 2.75) is 19.4 Å². The van der Waals surface area contributed by atoms with Gasteiger partial charge in [-0.1, -0.05) is 0 Å². The number of hydrogen-bond donors (Lipinski definition) is 2. The van der Waals surface area contributed by atoms with E-state index in [4.69, 9.17) is 0 Å². The van der Waals surface area contributed by atoms with Crippen LogP contribution in [0.25, 0.3) is 0 Å². The number of amides is 1. The maximum Gasteiger partial charge on any atom is 0.251 e. The highest BCUT2D eigenvalue weighted by Crippen LogP contribution is 2.20. The molecule has 1 aromatic carbocycles. The van der Waals surface area contributed by atoms with Crippen molar-refractivity contribution in [1.82, 2.24) is 5.32 Å². The van der Waals surface area contributed by atoms with Gasteiger partial charge < -0.3 is 10.4 Å². The number of phenols is 1. The van der Waals surface area contributed by atoms with Crippen LogP contribution >= 0.6 is 34.4 Å². The number of thioether (sulfide) groups is 1. The number of hydrogen-bond acceptors (Lipinski definition) is 3. The fraction of sp³-hybridized carbons (Fsp3) is 0.417. The largest absolute Gasteiger partial charge is 0.507 e. The summed E-state index contributed by atoms with van der Waals surface area (Å²) in [5.74, 6) is 1.04. The van der Waals surface area contributed by atoms with E-state index in [1.807, 2.05) is 35.8 Å². The molecule has 0 saturated heterocycles. The Morgan fingerprint density at radius 3 is 2.88 bits per heavy atom. The van der Waals surface area contributed by atoms with Crippen LogP contribution in [0.4, 0.5) is 0 Å². The van der Waals surface area contributed by atoms with Crippen LogP contribution in [0, 0.1) is 3.57 Å². The molecule has 3 nitrogen and oxygen atoms in total. The first-order valence-corrected chi connectivity index (χ1v) is 7.80. The Balaban J connectivity index is 2.60. The molecular weight excluding hydrogens is 349 g/mol. The second kappa shape index (κ2) is 7.10. The second-order valence-electron chi connectivity index (χ2n) is 3.82. The van der Waals surface area contributed by atoms with Gasteiger partial charge in [0.15, 0.2) is 0 Å². The molecule has 17 heavy (non-hydrogen) atoms. The molecule has 94 valence electrons. The highest BCUT2D eigenvalue weighted by Gasteiger charge is 2.10. The molecule has 0 aliphatic rings. The zero-order valence-electron chi connectivity index (χ0n) is 9.87. The molecule has 0 heterocycles. The van der Waals surface area contributed by atoms with E-state index in [2.05, 4.69) is 5.32 Å². The minimum Gasteiger partial charge on any atom is -0.507 e. The van der Waals surface area contributed by atoms with E-state index in [1.165, 1.54) is 6.07 Å². The molecule has 0 saturated carbocycles. The van der Waals surface area contributed by atoms with Crippen LogP contribution in [-0.4, -0.2) is 29.1 Å². The van der Waals surface area contributed by atoms with Crippen molar-refractivity contribution >= 4 is 40.3 Å². The molecule has 0 bridgehead atoms. The summed E-state index contributed by atoms with van der Waals surface area (Å²) in [6.07, 6.45) is 3.00. The molecule has 5 heteroatoms. The Morgan fingerprint density at radius 2 is 2.29 bits per heavy atom. The van der Waals surface area contributed by atoms with E-state index in [0.29, 0.717) is 5.56 Å². The number of benzene rings is 1. The molecule has 1 atom stereocenters. The quantitative estimate of drug-likeness (QED) is 0.789. The van der Waals surface area contributed by atoms with Crippen molar-refractivity contribution in [3.63, 3.8) is 0 Å². The normalized spacial score (nSPS) is 12.2. The Bertz CT molecular complexity index is 398. The molecule has 0 fully saturated rings. The SMILES string of the molecule is CSCCC(C)NC(=O)c1ccc(I)c(O)c1. The van der Waals surface area contributed by atoms with E-state index in [0.717, 1.165) is 15.7 Å². The molecule has 0 radical (unpaired) electrons. The van der Waals surface area contributed by atoms with Gasteiger partial charge in [0.25, 0.3) is 5.91 Å². The number of rotatable bonds is 5. The number of aromatic hydroxyl groups is 1. The third kappa shape index (κ3) is 4.75. The lowest BCUT2D eigenvalue weighted by molar-refractivity contribution is 0.0939. The molecule has 0 aromatic heterocycles. The summed E-state index contributed by atoms with van der Waals surface area (Å²) in [5, 5.41) is 12.4. The van der Waals surface area contributed by atoms with Crippen LogP contribution in [0.15, 0.2) is 18.2 Å². The fourth-order valence-corrected chi connectivity index (χ4v) is 2.25. The van der Waals surface area contributed by atoms with Crippen molar-refractivity contribution in [2.75, 3.05) is 12.0 Å². The van der Waals surface area contributed by atoms with E-state index in [-0.39, 0.29) is 17.7 Å². The fourth-order valence-electron chi connectivity index (χ4n) is 1.33. The van der Waals surface area contributed by atoms with Gasteiger partial charge in [-0.15, -0.1) is 0 Å². The summed E-state index contributed by atoms with van der Waals surface area (Å²) in [6.45, 7) is 1.99. The number of nitrogens with one attached hydrogen (secondary N) is 1. The van der Waals surface area contributed by atoms with Crippen molar-refractivity contribution in [2.24, 2.45) is 0 Å². The Hall–Kier alpha value is -0.430. The van der Waals surface area contributed by atoms with Gasteiger partial charge in [0.2, 0.25) is 0 Å². The van der Waals surface area contributed by atoms with Gasteiger partial charge in [-0.25, -0.2) is 0 Å². The third-order valence-corrected chi connectivity index (χ3v) is 3.90. The van der Waals surface area contributed by atoms with Gasteiger partial charge in [-0.05, 0) is 66.1 Å². The van der Waals surface area contributed by atoms with Crippen LogP contribution < -0.4 is 5.32 Å². The van der Waals surface area contributed by atoms with E-state index in [9.17, 15) is 9.90 Å². The predicted octanol–water partition coefficient (Wildman–Crippen LogP) is 2.87. The summed E-state index contributed by atoms with van der Waals surface area (Å²) >= 11 is 3.79. The van der Waals surface area contributed by atoms with Crippen LogP contribution in [0.5, 0.6) is 5.75 Å². The standard InChI is InChI=1S/C12H16INO2S/c1-8(5-6-17-2)14-12(16)9-3-4-10(13)11(15)7-9/h3-4,7-8,15H,5-6H2,1-2H3,(H,14,16). The second-order valence-corrected chi connectivity index (χ2v) is 5.97. The average molecular weight is 365 g/mol. The number of carbonyl (C=O) groups is 1. The molecule has 1 amide bonds. The first-order chi connectivity index (χ1) is 8.04. The minimum atomic E-state index is -0.134. The van der Waals surface area contributed by atoms with Crippen LogP contribution in [0.3, 0.4) is 0 Å². The Labute approximate surface area is 120 Å². The zero-order chi connectivity index (χ0) is 12.8. The van der Waals surface area contributed by atoms with Crippen molar-refractivity contribution < 1.29 is 9.90 Å². The third-order valence-electron chi connectivity index (χ3n) is 2.34. The van der Waals surface area contributed by atoms with Crippen molar-refractivity contribution in [3.05, 3.63) is 27.3 Å². The molecule has 2 N–H and O–H groups in total. The summed E-state index contributed by atoms with van der Waals surface area (Å²) < 4.78 is 0.745. The van der Waals surface area contributed by atoms with E-state index >= 15 is 0 Å². The number of carbonyl (C=O) groups excluding carboxylic acids is 1. The van der Waals surface area contributed by atoms with Gasteiger partial charge in [-0.2, -0.15) is 11.8 Å². The maximum absolute atomic E-state index is 11.9. The first-order valence-electron chi connectivity index (χ1n) is 5.33. The van der Waals surface area contributed by atoms with Crippen LogP contribution in [-0.2, 0) is 0 Å². The first kappa shape index (κ1) is 14.6.